The Morgan fingerprint density at radius 2 is 1.80 bits per heavy atom. The van der Waals surface area contributed by atoms with Crippen molar-refractivity contribution < 1.29 is 9.59 Å². The molecule has 0 bridgehead atoms. The summed E-state index contributed by atoms with van der Waals surface area (Å²) in [6.45, 7) is 3.90. The first-order chi connectivity index (χ1) is 9.54. The smallest absolute Gasteiger partial charge is 0.254 e. The van der Waals surface area contributed by atoms with E-state index in [4.69, 9.17) is 0 Å². The largest absolute Gasteiger partial charge is 0.355 e. The van der Waals surface area contributed by atoms with Gasteiger partial charge in [0.15, 0.2) is 0 Å². The summed E-state index contributed by atoms with van der Waals surface area (Å²) in [5, 5.41) is 6.31. The lowest BCUT2D eigenvalue weighted by Crippen LogP contribution is -2.26. The van der Waals surface area contributed by atoms with Crippen LogP contribution in [0.2, 0.25) is 0 Å². The summed E-state index contributed by atoms with van der Waals surface area (Å²) >= 11 is 1.48. The van der Waals surface area contributed by atoms with Crippen molar-refractivity contribution in [3.05, 3.63) is 16.0 Å². The molecule has 1 aliphatic carbocycles. The second-order valence-electron chi connectivity index (χ2n) is 5.39. The predicted molar refractivity (Wildman–Crippen MR) is 82.4 cm³/mol. The monoisotopic (exact) mass is 294 g/mol. The molecule has 2 amide bonds. The van der Waals surface area contributed by atoms with E-state index in [0.29, 0.717) is 10.6 Å². The van der Waals surface area contributed by atoms with Crippen LogP contribution in [-0.2, 0) is 4.79 Å². The van der Waals surface area contributed by atoms with E-state index in [0.717, 1.165) is 36.1 Å². The maximum Gasteiger partial charge on any atom is 0.254 e. The normalized spacial score (nSPS) is 15.9. The maximum absolute atomic E-state index is 12.3. The van der Waals surface area contributed by atoms with Gasteiger partial charge >= 0.3 is 0 Å². The van der Waals surface area contributed by atoms with E-state index >= 15 is 0 Å². The zero-order valence-corrected chi connectivity index (χ0v) is 13.2. The molecule has 1 aromatic rings. The van der Waals surface area contributed by atoms with Gasteiger partial charge in [-0.25, -0.2) is 0 Å². The number of anilines is 1. The Morgan fingerprint density at radius 3 is 2.40 bits per heavy atom. The van der Waals surface area contributed by atoms with Crippen LogP contribution in [0.5, 0.6) is 0 Å². The molecule has 1 saturated carbocycles. The van der Waals surface area contributed by atoms with Gasteiger partial charge in [0.25, 0.3) is 5.91 Å². The first kappa shape index (κ1) is 15.0. The van der Waals surface area contributed by atoms with E-state index in [1.165, 1.54) is 17.8 Å². The quantitative estimate of drug-likeness (QED) is 0.899. The van der Waals surface area contributed by atoms with E-state index in [1.54, 1.807) is 7.05 Å². The lowest BCUT2D eigenvalue weighted by Gasteiger charge is -2.20. The summed E-state index contributed by atoms with van der Waals surface area (Å²) in [5.41, 5.74) is 1.56. The van der Waals surface area contributed by atoms with Gasteiger partial charge in [-0.15, -0.1) is 11.3 Å². The van der Waals surface area contributed by atoms with Gasteiger partial charge in [0, 0.05) is 17.8 Å². The molecule has 1 aliphatic rings. The van der Waals surface area contributed by atoms with Gasteiger partial charge in [0.2, 0.25) is 5.91 Å². The van der Waals surface area contributed by atoms with Crippen LogP contribution in [0, 0.1) is 19.8 Å². The lowest BCUT2D eigenvalue weighted by molar-refractivity contribution is -0.120. The summed E-state index contributed by atoms with van der Waals surface area (Å²) in [6, 6.07) is 0. The number of hydrogen-bond acceptors (Lipinski definition) is 3. The van der Waals surface area contributed by atoms with Gasteiger partial charge in [-0.05, 0) is 32.3 Å². The van der Waals surface area contributed by atoms with Crippen LogP contribution < -0.4 is 10.6 Å². The standard InChI is InChI=1S/C15H22N2O2S/c1-9-10(2)20-15(12(9)14(19)16-3)17-13(18)11-7-5-4-6-8-11/h11H,4-8H2,1-3H3,(H,16,19)(H,17,18). The van der Waals surface area contributed by atoms with Crippen LogP contribution in [0.1, 0.15) is 52.9 Å². The minimum absolute atomic E-state index is 0.0658. The lowest BCUT2D eigenvalue weighted by atomic mass is 9.89. The molecule has 0 spiro atoms. The summed E-state index contributed by atoms with van der Waals surface area (Å²) in [7, 11) is 1.61. The molecule has 20 heavy (non-hydrogen) atoms. The molecule has 1 fully saturated rings. The zero-order valence-electron chi connectivity index (χ0n) is 12.3. The van der Waals surface area contributed by atoms with Gasteiger partial charge in [-0.2, -0.15) is 0 Å². The highest BCUT2D eigenvalue weighted by Gasteiger charge is 2.25. The van der Waals surface area contributed by atoms with Crippen molar-refractivity contribution in [3.63, 3.8) is 0 Å². The molecule has 0 unspecified atom stereocenters. The Bertz CT molecular complexity index is 516. The Kier molecular flexibility index (Phi) is 4.81. The Labute approximate surface area is 124 Å². The van der Waals surface area contributed by atoms with Crippen molar-refractivity contribution in [2.75, 3.05) is 12.4 Å². The first-order valence-electron chi connectivity index (χ1n) is 7.17. The zero-order chi connectivity index (χ0) is 14.7. The van der Waals surface area contributed by atoms with Crippen molar-refractivity contribution >= 4 is 28.2 Å². The molecular weight excluding hydrogens is 272 g/mol. The Morgan fingerprint density at radius 1 is 1.15 bits per heavy atom. The number of amides is 2. The number of aryl methyl sites for hydroxylation is 1. The van der Waals surface area contributed by atoms with Crippen LogP contribution >= 0.6 is 11.3 Å². The molecule has 0 radical (unpaired) electrons. The third-order valence-electron chi connectivity index (χ3n) is 4.05. The average Bonchev–Trinajstić information content (AvgIpc) is 2.74. The van der Waals surface area contributed by atoms with E-state index in [9.17, 15) is 9.59 Å². The second-order valence-corrected chi connectivity index (χ2v) is 6.62. The number of hydrogen-bond donors (Lipinski definition) is 2. The number of carbonyl (C=O) groups excluding carboxylic acids is 2. The number of carbonyl (C=O) groups is 2. The van der Waals surface area contributed by atoms with Gasteiger partial charge < -0.3 is 10.6 Å². The van der Waals surface area contributed by atoms with Crippen molar-refractivity contribution in [1.82, 2.24) is 5.32 Å². The molecule has 1 heterocycles. The summed E-state index contributed by atoms with van der Waals surface area (Å²) in [4.78, 5) is 25.4. The maximum atomic E-state index is 12.3. The van der Waals surface area contributed by atoms with Gasteiger partial charge in [0.05, 0.1) is 5.56 Å². The van der Waals surface area contributed by atoms with Crippen LogP contribution in [-0.4, -0.2) is 18.9 Å². The average molecular weight is 294 g/mol. The fraction of sp³-hybridized carbons (Fsp3) is 0.600. The first-order valence-corrected chi connectivity index (χ1v) is 7.99. The number of thiophene rings is 1. The Hall–Kier alpha value is -1.36. The minimum atomic E-state index is -0.134. The molecular formula is C15H22N2O2S. The van der Waals surface area contributed by atoms with Crippen molar-refractivity contribution in [3.8, 4) is 0 Å². The number of rotatable bonds is 3. The molecule has 0 aliphatic heterocycles. The number of nitrogens with one attached hydrogen (secondary N) is 2. The van der Waals surface area contributed by atoms with E-state index in [-0.39, 0.29) is 17.7 Å². The third kappa shape index (κ3) is 3.03. The molecule has 1 aromatic heterocycles. The second kappa shape index (κ2) is 6.39. The molecule has 0 atom stereocenters. The molecule has 2 rings (SSSR count). The van der Waals surface area contributed by atoms with Crippen LogP contribution in [0.4, 0.5) is 5.00 Å². The Balaban J connectivity index is 2.18. The van der Waals surface area contributed by atoms with Crippen LogP contribution in [0.3, 0.4) is 0 Å². The SMILES string of the molecule is CNC(=O)c1c(NC(=O)C2CCCCC2)sc(C)c1C. The highest BCUT2D eigenvalue weighted by Crippen LogP contribution is 2.33. The van der Waals surface area contributed by atoms with E-state index in [1.807, 2.05) is 13.8 Å². The van der Waals surface area contributed by atoms with Crippen molar-refractivity contribution in [2.24, 2.45) is 5.92 Å². The van der Waals surface area contributed by atoms with Crippen LogP contribution in [0.15, 0.2) is 0 Å². The van der Waals surface area contributed by atoms with Crippen molar-refractivity contribution in [1.29, 1.82) is 0 Å². The van der Waals surface area contributed by atoms with E-state index < -0.39 is 0 Å². The molecule has 110 valence electrons. The summed E-state index contributed by atoms with van der Waals surface area (Å²) in [6.07, 6.45) is 5.41. The molecule has 4 nitrogen and oxygen atoms in total. The third-order valence-corrected chi connectivity index (χ3v) is 5.17. The summed E-state index contributed by atoms with van der Waals surface area (Å²) < 4.78 is 0. The highest BCUT2D eigenvalue weighted by molar-refractivity contribution is 7.16. The topological polar surface area (TPSA) is 58.2 Å². The fourth-order valence-corrected chi connectivity index (χ4v) is 3.75. The minimum Gasteiger partial charge on any atom is -0.355 e. The molecule has 0 aromatic carbocycles. The van der Waals surface area contributed by atoms with E-state index in [2.05, 4.69) is 10.6 Å². The van der Waals surface area contributed by atoms with Gasteiger partial charge in [0.1, 0.15) is 5.00 Å². The fourth-order valence-electron chi connectivity index (χ4n) is 2.69. The van der Waals surface area contributed by atoms with Crippen molar-refractivity contribution in [2.45, 2.75) is 46.0 Å². The van der Waals surface area contributed by atoms with Gasteiger partial charge in [-0.3, -0.25) is 9.59 Å². The van der Waals surface area contributed by atoms with Gasteiger partial charge in [-0.1, -0.05) is 19.3 Å². The molecule has 5 heteroatoms. The summed E-state index contributed by atoms with van der Waals surface area (Å²) in [5.74, 6) is 0.0332. The van der Waals surface area contributed by atoms with Crippen LogP contribution in [0.25, 0.3) is 0 Å². The molecule has 2 N–H and O–H groups in total. The highest BCUT2D eigenvalue weighted by atomic mass is 32.1. The molecule has 0 saturated heterocycles. The predicted octanol–water partition coefficient (Wildman–Crippen LogP) is 3.24.